The second-order valence-electron chi connectivity index (χ2n) is 7.04. The van der Waals surface area contributed by atoms with Gasteiger partial charge in [-0.15, -0.1) is 0 Å². The minimum atomic E-state index is -1.39. The van der Waals surface area contributed by atoms with Gasteiger partial charge in [0.2, 0.25) is 17.7 Å². The van der Waals surface area contributed by atoms with Gasteiger partial charge in [0.05, 0.1) is 12.1 Å². The molecule has 5 unspecified atom stereocenters. The van der Waals surface area contributed by atoms with Gasteiger partial charge >= 0.3 is 5.97 Å². The Morgan fingerprint density at radius 2 is 1.53 bits per heavy atom. The van der Waals surface area contributed by atoms with E-state index in [1.807, 2.05) is 0 Å². The van der Waals surface area contributed by atoms with E-state index in [4.69, 9.17) is 11.5 Å². The van der Waals surface area contributed by atoms with Crippen LogP contribution in [0.4, 0.5) is 0 Å². The van der Waals surface area contributed by atoms with Gasteiger partial charge in [-0.1, -0.05) is 0 Å². The first kappa shape index (κ1) is 28.1. The van der Waals surface area contributed by atoms with Gasteiger partial charge in [-0.25, -0.2) is 4.79 Å². The van der Waals surface area contributed by atoms with E-state index < -0.39 is 54.0 Å². The van der Waals surface area contributed by atoms with Crippen LogP contribution >= 0.6 is 11.8 Å². The van der Waals surface area contributed by atoms with E-state index in [-0.39, 0.29) is 12.8 Å². The Balaban J connectivity index is 5.26. The number of nitrogens with one attached hydrogen (secondary N) is 3. The van der Waals surface area contributed by atoms with Gasteiger partial charge in [0.15, 0.2) is 0 Å². The molecule has 12 heteroatoms. The minimum Gasteiger partial charge on any atom is -0.480 e. The molecule has 0 aliphatic rings. The Labute approximate surface area is 181 Å². The van der Waals surface area contributed by atoms with E-state index in [9.17, 15) is 29.4 Å². The number of thioether (sulfide) groups is 1. The summed E-state index contributed by atoms with van der Waals surface area (Å²) in [6, 6.07) is -4.35. The van der Waals surface area contributed by atoms with Gasteiger partial charge in [0.1, 0.15) is 18.1 Å². The standard InChI is InChI=1S/C18H35N5O6S/c1-10(20)15(25)21-12(6-4-5-8-19)16(26)23-14(11(2)24)17(27)22-13(18(28)29)7-9-30-3/h10-14,24H,4-9,19-20H2,1-3H3,(H,21,25)(H,22,27)(H,23,26)(H,28,29). The number of hydrogen-bond donors (Lipinski definition) is 7. The fourth-order valence-electron chi connectivity index (χ4n) is 2.48. The summed E-state index contributed by atoms with van der Waals surface area (Å²) in [5.74, 6) is -2.75. The molecule has 30 heavy (non-hydrogen) atoms. The molecule has 9 N–H and O–H groups in total. The van der Waals surface area contributed by atoms with Gasteiger partial charge in [-0.05, 0) is 58.1 Å². The van der Waals surface area contributed by atoms with Crippen molar-refractivity contribution < 1.29 is 29.4 Å². The molecule has 0 aromatic carbocycles. The van der Waals surface area contributed by atoms with Crippen LogP contribution in [-0.4, -0.2) is 82.7 Å². The van der Waals surface area contributed by atoms with Crippen molar-refractivity contribution in [3.05, 3.63) is 0 Å². The summed E-state index contributed by atoms with van der Waals surface area (Å²) >= 11 is 1.43. The number of carboxylic acid groups (broad SMARTS) is 1. The molecule has 0 spiro atoms. The van der Waals surface area contributed by atoms with E-state index in [1.165, 1.54) is 25.6 Å². The summed E-state index contributed by atoms with van der Waals surface area (Å²) in [5.41, 5.74) is 11.0. The third kappa shape index (κ3) is 10.8. The van der Waals surface area contributed by atoms with Crippen LogP contribution in [0.15, 0.2) is 0 Å². The van der Waals surface area contributed by atoms with Crippen LogP contribution in [0.2, 0.25) is 0 Å². The predicted octanol–water partition coefficient (Wildman–Crippen LogP) is -1.86. The van der Waals surface area contributed by atoms with Crippen LogP contribution in [0.25, 0.3) is 0 Å². The number of aliphatic hydroxyl groups is 1. The molecule has 0 radical (unpaired) electrons. The maximum absolute atomic E-state index is 12.7. The van der Waals surface area contributed by atoms with Gasteiger partial charge in [0, 0.05) is 0 Å². The molecule has 0 aromatic heterocycles. The molecule has 5 atom stereocenters. The first-order chi connectivity index (χ1) is 14.0. The highest BCUT2D eigenvalue weighted by Crippen LogP contribution is 2.05. The molecule has 0 saturated carbocycles. The lowest BCUT2D eigenvalue weighted by molar-refractivity contribution is -0.143. The zero-order valence-electron chi connectivity index (χ0n) is 17.7. The minimum absolute atomic E-state index is 0.189. The largest absolute Gasteiger partial charge is 0.480 e. The van der Waals surface area contributed by atoms with Crippen molar-refractivity contribution in [3.63, 3.8) is 0 Å². The van der Waals surface area contributed by atoms with Crippen molar-refractivity contribution in [1.29, 1.82) is 0 Å². The fraction of sp³-hybridized carbons (Fsp3) is 0.778. The Morgan fingerprint density at radius 1 is 0.933 bits per heavy atom. The van der Waals surface area contributed by atoms with Gasteiger partial charge in [-0.3, -0.25) is 14.4 Å². The van der Waals surface area contributed by atoms with Crippen LogP contribution in [-0.2, 0) is 19.2 Å². The maximum atomic E-state index is 12.7. The highest BCUT2D eigenvalue weighted by molar-refractivity contribution is 7.98. The molecule has 3 amide bonds. The van der Waals surface area contributed by atoms with Gasteiger partial charge in [0.25, 0.3) is 0 Å². The molecule has 0 rings (SSSR count). The number of carbonyl (C=O) groups excluding carboxylic acids is 3. The van der Waals surface area contributed by atoms with Crippen molar-refractivity contribution in [2.75, 3.05) is 18.6 Å². The third-order valence-corrected chi connectivity index (χ3v) is 4.93. The Morgan fingerprint density at radius 3 is 2.00 bits per heavy atom. The molecule has 174 valence electrons. The number of unbranched alkanes of at least 4 members (excludes halogenated alkanes) is 1. The van der Waals surface area contributed by atoms with E-state index in [0.717, 1.165) is 0 Å². The Kier molecular flexibility index (Phi) is 14.0. The fourth-order valence-corrected chi connectivity index (χ4v) is 2.95. The van der Waals surface area contributed by atoms with Crippen LogP contribution in [0, 0.1) is 0 Å². The number of hydrogen-bond acceptors (Lipinski definition) is 8. The maximum Gasteiger partial charge on any atom is 0.326 e. The van der Waals surface area contributed by atoms with Crippen LogP contribution in [0.5, 0.6) is 0 Å². The molecule has 0 aliphatic heterocycles. The second kappa shape index (κ2) is 15.0. The first-order valence-electron chi connectivity index (χ1n) is 9.81. The van der Waals surface area contributed by atoms with Gasteiger partial charge in [-0.2, -0.15) is 11.8 Å². The van der Waals surface area contributed by atoms with Crippen molar-refractivity contribution >= 4 is 35.5 Å². The number of carbonyl (C=O) groups is 4. The number of rotatable bonds is 15. The van der Waals surface area contributed by atoms with Crippen molar-refractivity contribution in [1.82, 2.24) is 16.0 Å². The molecule has 0 aromatic rings. The van der Waals surface area contributed by atoms with E-state index in [1.54, 1.807) is 6.26 Å². The topological polar surface area (TPSA) is 197 Å². The summed E-state index contributed by atoms with van der Waals surface area (Å²) in [5, 5.41) is 26.5. The summed E-state index contributed by atoms with van der Waals surface area (Å²) in [4.78, 5) is 48.5. The highest BCUT2D eigenvalue weighted by Gasteiger charge is 2.32. The molecular formula is C18H35N5O6S. The smallest absolute Gasteiger partial charge is 0.326 e. The molecule has 0 saturated heterocycles. The normalized spacial score (nSPS) is 15.9. The summed E-state index contributed by atoms with van der Waals surface area (Å²) in [7, 11) is 0. The molecule has 0 fully saturated rings. The van der Waals surface area contributed by atoms with Gasteiger partial charge < -0.3 is 37.6 Å². The average molecular weight is 450 g/mol. The SMILES string of the molecule is CSCCC(NC(=O)C(NC(=O)C(CCCCN)NC(=O)C(C)N)C(C)O)C(=O)O. The molecule has 0 aliphatic carbocycles. The summed E-state index contributed by atoms with van der Waals surface area (Å²) < 4.78 is 0. The molecular weight excluding hydrogens is 414 g/mol. The van der Waals surface area contributed by atoms with Crippen LogP contribution in [0.3, 0.4) is 0 Å². The Hall–Kier alpha value is -1.89. The summed E-state index contributed by atoms with van der Waals surface area (Å²) in [6.45, 7) is 3.18. The van der Waals surface area contributed by atoms with E-state index in [2.05, 4.69) is 16.0 Å². The number of aliphatic hydroxyl groups excluding tert-OH is 1. The van der Waals surface area contributed by atoms with Crippen molar-refractivity contribution in [2.45, 2.75) is 69.8 Å². The molecule has 0 bridgehead atoms. The first-order valence-corrected chi connectivity index (χ1v) is 11.2. The number of carboxylic acids is 1. The van der Waals surface area contributed by atoms with Crippen molar-refractivity contribution in [3.8, 4) is 0 Å². The zero-order valence-corrected chi connectivity index (χ0v) is 18.5. The Bertz CT molecular complexity index is 575. The lowest BCUT2D eigenvalue weighted by atomic mass is 10.1. The zero-order chi connectivity index (χ0) is 23.3. The highest BCUT2D eigenvalue weighted by atomic mass is 32.2. The quantitative estimate of drug-likeness (QED) is 0.140. The van der Waals surface area contributed by atoms with Crippen LogP contribution in [0.1, 0.15) is 39.5 Å². The number of nitrogens with two attached hydrogens (primary N) is 2. The van der Waals surface area contributed by atoms with E-state index >= 15 is 0 Å². The average Bonchev–Trinajstić information content (AvgIpc) is 2.67. The van der Waals surface area contributed by atoms with E-state index in [0.29, 0.717) is 25.1 Å². The van der Waals surface area contributed by atoms with Crippen molar-refractivity contribution in [2.24, 2.45) is 11.5 Å². The lowest BCUT2D eigenvalue weighted by Crippen LogP contribution is -2.59. The number of amides is 3. The molecule has 11 nitrogen and oxygen atoms in total. The molecule has 0 heterocycles. The third-order valence-electron chi connectivity index (χ3n) is 4.28. The monoisotopic (exact) mass is 449 g/mol. The number of aliphatic carboxylic acids is 1. The summed E-state index contributed by atoms with van der Waals surface area (Å²) in [6.07, 6.45) is 2.15. The predicted molar refractivity (Wildman–Crippen MR) is 115 cm³/mol. The van der Waals surface area contributed by atoms with Crippen LogP contribution < -0.4 is 27.4 Å². The lowest BCUT2D eigenvalue weighted by Gasteiger charge is -2.26. The second-order valence-corrected chi connectivity index (χ2v) is 8.03.